The van der Waals surface area contributed by atoms with E-state index in [2.05, 4.69) is 12.2 Å². The molecule has 1 amide bonds. The van der Waals surface area contributed by atoms with Crippen LogP contribution in [0.2, 0.25) is 0 Å². The smallest absolute Gasteiger partial charge is 0.410 e. The van der Waals surface area contributed by atoms with Crippen LogP contribution < -0.4 is 5.32 Å². The fraction of sp³-hybridized carbons (Fsp3) is 0.824. The Morgan fingerprint density at radius 2 is 1.75 bits per heavy atom. The van der Waals surface area contributed by atoms with Gasteiger partial charge in [-0.05, 0) is 19.3 Å². The Kier molecular flexibility index (Phi) is 9.40. The average molecular weight is 345 g/mol. The summed E-state index contributed by atoms with van der Waals surface area (Å²) < 4.78 is 10.1. The molecule has 0 spiro atoms. The second-order valence-electron chi connectivity index (χ2n) is 6.98. The van der Waals surface area contributed by atoms with Crippen molar-refractivity contribution in [1.82, 2.24) is 5.32 Å². The molecule has 0 aliphatic carbocycles. The molecule has 0 aromatic carbocycles. The minimum Gasteiger partial charge on any atom is -0.481 e. The number of amides is 1. The standard InChI is InChI=1S/C17H31NO6/c1-7-8-12(4)9-17(6,10-14(20)21)18-16(22)24-15(11(2)3)23-13(5)19/h11-12,15H,7-10H2,1-6H3,(H,18,22)(H,20,21)/t12?,15-,17+/m0/s1. The van der Waals surface area contributed by atoms with Gasteiger partial charge in [-0.15, -0.1) is 0 Å². The Labute approximate surface area is 144 Å². The fourth-order valence-corrected chi connectivity index (χ4v) is 2.71. The van der Waals surface area contributed by atoms with Crippen molar-refractivity contribution in [2.24, 2.45) is 11.8 Å². The highest BCUT2D eigenvalue weighted by molar-refractivity contribution is 5.73. The molecule has 1 unspecified atom stereocenters. The van der Waals surface area contributed by atoms with E-state index in [1.807, 2.05) is 6.92 Å². The lowest BCUT2D eigenvalue weighted by atomic mass is 9.85. The first-order valence-electron chi connectivity index (χ1n) is 8.37. The number of carboxylic acid groups (broad SMARTS) is 1. The monoisotopic (exact) mass is 345 g/mol. The molecule has 3 atom stereocenters. The molecule has 7 heteroatoms. The predicted molar refractivity (Wildman–Crippen MR) is 89.4 cm³/mol. The zero-order valence-electron chi connectivity index (χ0n) is 15.5. The first kappa shape index (κ1) is 22.2. The Bertz CT molecular complexity index is 437. The largest absolute Gasteiger partial charge is 0.481 e. The molecule has 0 heterocycles. The van der Waals surface area contributed by atoms with Crippen LogP contribution in [0.5, 0.6) is 0 Å². The molecule has 0 saturated carbocycles. The zero-order valence-corrected chi connectivity index (χ0v) is 15.5. The molecule has 24 heavy (non-hydrogen) atoms. The van der Waals surface area contributed by atoms with Gasteiger partial charge in [0.1, 0.15) is 0 Å². The van der Waals surface area contributed by atoms with Crippen LogP contribution in [0, 0.1) is 11.8 Å². The molecule has 0 aliphatic heterocycles. The van der Waals surface area contributed by atoms with E-state index in [9.17, 15) is 14.4 Å². The molecular formula is C17H31NO6. The van der Waals surface area contributed by atoms with Crippen molar-refractivity contribution < 1.29 is 29.0 Å². The van der Waals surface area contributed by atoms with Gasteiger partial charge in [-0.3, -0.25) is 9.59 Å². The van der Waals surface area contributed by atoms with Crippen molar-refractivity contribution in [3.8, 4) is 0 Å². The molecule has 2 N–H and O–H groups in total. The minimum absolute atomic E-state index is 0.212. The molecule has 0 fully saturated rings. The number of nitrogens with one attached hydrogen (secondary N) is 1. The normalized spacial score (nSPS) is 16.0. The van der Waals surface area contributed by atoms with Crippen LogP contribution in [0.15, 0.2) is 0 Å². The summed E-state index contributed by atoms with van der Waals surface area (Å²) in [6, 6.07) is 0. The summed E-state index contributed by atoms with van der Waals surface area (Å²) in [5.41, 5.74) is -0.935. The number of carbonyl (C=O) groups is 3. The van der Waals surface area contributed by atoms with E-state index in [0.29, 0.717) is 6.42 Å². The van der Waals surface area contributed by atoms with Crippen molar-refractivity contribution in [2.45, 2.75) is 79.1 Å². The molecule has 0 rings (SSSR count). The van der Waals surface area contributed by atoms with Crippen LogP contribution in [-0.2, 0) is 19.1 Å². The van der Waals surface area contributed by atoms with Gasteiger partial charge < -0.3 is 19.9 Å². The van der Waals surface area contributed by atoms with E-state index in [4.69, 9.17) is 14.6 Å². The topological polar surface area (TPSA) is 102 Å². The molecule has 0 saturated heterocycles. The molecule has 140 valence electrons. The van der Waals surface area contributed by atoms with Gasteiger partial charge in [-0.2, -0.15) is 0 Å². The van der Waals surface area contributed by atoms with Gasteiger partial charge in [0.05, 0.1) is 12.0 Å². The number of rotatable bonds is 10. The van der Waals surface area contributed by atoms with Gasteiger partial charge >= 0.3 is 18.0 Å². The molecule has 0 radical (unpaired) electrons. The summed E-state index contributed by atoms with van der Waals surface area (Å²) in [6.07, 6.45) is 0.426. The Morgan fingerprint density at radius 3 is 2.17 bits per heavy atom. The van der Waals surface area contributed by atoms with Crippen LogP contribution in [0.25, 0.3) is 0 Å². The van der Waals surface area contributed by atoms with E-state index < -0.39 is 29.9 Å². The van der Waals surface area contributed by atoms with E-state index in [-0.39, 0.29) is 18.3 Å². The van der Waals surface area contributed by atoms with Crippen LogP contribution in [0.1, 0.15) is 67.2 Å². The highest BCUT2D eigenvalue weighted by atomic mass is 16.7. The second-order valence-corrected chi connectivity index (χ2v) is 6.98. The van der Waals surface area contributed by atoms with Gasteiger partial charge in [0.15, 0.2) is 0 Å². The Morgan fingerprint density at radius 1 is 1.17 bits per heavy atom. The number of esters is 1. The minimum atomic E-state index is -1.01. The summed E-state index contributed by atoms with van der Waals surface area (Å²) in [5, 5.41) is 11.8. The summed E-state index contributed by atoms with van der Waals surface area (Å²) in [5.74, 6) is -1.51. The maximum absolute atomic E-state index is 12.2. The van der Waals surface area contributed by atoms with E-state index >= 15 is 0 Å². The SMILES string of the molecule is CCCC(C)C[C@](C)(CC(=O)O)NC(=O)O[C@H](OC(C)=O)C(C)C. The quantitative estimate of drug-likeness (QED) is 0.465. The Balaban J connectivity index is 4.95. The number of ether oxygens (including phenoxy) is 2. The maximum atomic E-state index is 12.2. The number of carbonyl (C=O) groups excluding carboxylic acids is 2. The third kappa shape index (κ3) is 9.37. The second kappa shape index (κ2) is 10.2. The van der Waals surface area contributed by atoms with Crippen LogP contribution in [0.3, 0.4) is 0 Å². The summed E-state index contributed by atoms with van der Waals surface area (Å²) in [6.45, 7) is 10.5. The number of carboxylic acids is 1. The van der Waals surface area contributed by atoms with Crippen molar-refractivity contribution >= 4 is 18.0 Å². The van der Waals surface area contributed by atoms with Gasteiger partial charge in [0.2, 0.25) is 0 Å². The summed E-state index contributed by atoms with van der Waals surface area (Å²) in [4.78, 5) is 34.4. The van der Waals surface area contributed by atoms with Gasteiger partial charge in [0, 0.05) is 12.8 Å². The zero-order chi connectivity index (χ0) is 18.9. The van der Waals surface area contributed by atoms with E-state index in [0.717, 1.165) is 12.8 Å². The average Bonchev–Trinajstić information content (AvgIpc) is 2.35. The van der Waals surface area contributed by atoms with Gasteiger partial charge in [-0.1, -0.05) is 40.5 Å². The van der Waals surface area contributed by atoms with Gasteiger partial charge in [-0.25, -0.2) is 4.79 Å². The Hall–Kier alpha value is -1.79. The van der Waals surface area contributed by atoms with Crippen molar-refractivity contribution in [3.05, 3.63) is 0 Å². The molecular weight excluding hydrogens is 314 g/mol. The van der Waals surface area contributed by atoms with Crippen molar-refractivity contribution in [3.63, 3.8) is 0 Å². The first-order valence-corrected chi connectivity index (χ1v) is 8.37. The molecule has 0 bridgehead atoms. The van der Waals surface area contributed by atoms with Crippen LogP contribution in [-0.4, -0.2) is 35.0 Å². The van der Waals surface area contributed by atoms with E-state index in [1.54, 1.807) is 20.8 Å². The number of hydrogen-bond donors (Lipinski definition) is 2. The third-order valence-electron chi connectivity index (χ3n) is 3.58. The predicted octanol–water partition coefficient (Wildman–Crippen LogP) is 3.32. The lowest BCUT2D eigenvalue weighted by Gasteiger charge is -2.32. The van der Waals surface area contributed by atoms with Crippen LogP contribution >= 0.6 is 0 Å². The molecule has 0 aromatic heterocycles. The van der Waals surface area contributed by atoms with Crippen LogP contribution in [0.4, 0.5) is 4.79 Å². The van der Waals surface area contributed by atoms with E-state index in [1.165, 1.54) is 6.92 Å². The first-order chi connectivity index (χ1) is 11.0. The lowest BCUT2D eigenvalue weighted by Crippen LogP contribution is -2.50. The fourth-order valence-electron chi connectivity index (χ4n) is 2.71. The maximum Gasteiger partial charge on any atom is 0.410 e. The lowest BCUT2D eigenvalue weighted by molar-refractivity contribution is -0.172. The summed E-state index contributed by atoms with van der Waals surface area (Å²) in [7, 11) is 0. The van der Waals surface area contributed by atoms with Crippen molar-refractivity contribution in [1.29, 1.82) is 0 Å². The molecule has 0 aromatic rings. The molecule has 0 aliphatic rings. The number of aliphatic carboxylic acids is 1. The third-order valence-corrected chi connectivity index (χ3v) is 3.58. The highest BCUT2D eigenvalue weighted by Gasteiger charge is 2.33. The number of hydrogen-bond acceptors (Lipinski definition) is 5. The van der Waals surface area contributed by atoms with Gasteiger partial charge in [0.25, 0.3) is 6.29 Å². The summed E-state index contributed by atoms with van der Waals surface area (Å²) >= 11 is 0. The number of alkyl carbamates (subject to hydrolysis) is 1. The van der Waals surface area contributed by atoms with Crippen molar-refractivity contribution in [2.75, 3.05) is 0 Å². The highest BCUT2D eigenvalue weighted by Crippen LogP contribution is 2.24. The molecule has 7 nitrogen and oxygen atoms in total.